The van der Waals surface area contributed by atoms with Crippen LogP contribution >= 0.6 is 22.6 Å². The van der Waals surface area contributed by atoms with Gasteiger partial charge in [0.2, 0.25) is 15.9 Å². The van der Waals surface area contributed by atoms with Crippen LogP contribution in [0.25, 0.3) is 0 Å². The molecule has 3 aromatic rings. The molecule has 3 aromatic carbocycles. The average Bonchev–Trinajstić information content (AvgIpc) is 2.77. The fourth-order valence-corrected chi connectivity index (χ4v) is 4.80. The van der Waals surface area contributed by atoms with E-state index in [-0.39, 0.29) is 11.3 Å². The summed E-state index contributed by atoms with van der Waals surface area (Å²) in [6.07, 6.45) is 0.215. The number of aryl methyl sites for hydroxylation is 1. The van der Waals surface area contributed by atoms with E-state index in [2.05, 4.69) is 32.6 Å². The van der Waals surface area contributed by atoms with Crippen molar-refractivity contribution >= 4 is 44.2 Å². The van der Waals surface area contributed by atoms with E-state index < -0.39 is 22.0 Å². The normalized spacial score (nSPS) is 12.2. The molecule has 0 spiro atoms. The van der Waals surface area contributed by atoms with Gasteiger partial charge >= 0.3 is 0 Å². The number of hydrogen-bond acceptors (Lipinski definition) is 4. The zero-order valence-electron chi connectivity index (χ0n) is 17.8. The number of anilines is 1. The van der Waals surface area contributed by atoms with Crippen LogP contribution in [0.5, 0.6) is 5.75 Å². The fraction of sp³-hybridized carbons (Fsp3) is 0.208. The molecule has 0 radical (unpaired) electrons. The van der Waals surface area contributed by atoms with Gasteiger partial charge in [0.1, 0.15) is 11.8 Å². The Morgan fingerprint density at radius 1 is 1.03 bits per heavy atom. The summed E-state index contributed by atoms with van der Waals surface area (Å²) in [5.74, 6) is 0.199. The maximum atomic E-state index is 13.1. The monoisotopic (exact) mass is 564 g/mol. The van der Waals surface area contributed by atoms with Gasteiger partial charge in [-0.05, 0) is 96.5 Å². The molecule has 0 saturated heterocycles. The molecule has 32 heavy (non-hydrogen) atoms. The minimum atomic E-state index is -3.95. The third-order valence-electron chi connectivity index (χ3n) is 4.76. The molecule has 0 unspecified atom stereocenters. The Bertz CT molecular complexity index is 1170. The molecule has 0 bridgehead atoms. The van der Waals surface area contributed by atoms with Crippen molar-refractivity contribution in [3.8, 4) is 5.75 Å². The van der Waals surface area contributed by atoms with E-state index in [4.69, 9.17) is 4.74 Å². The van der Waals surface area contributed by atoms with Crippen molar-refractivity contribution in [2.75, 3.05) is 11.9 Å². The van der Waals surface area contributed by atoms with E-state index in [0.717, 1.165) is 9.13 Å². The predicted octanol–water partition coefficient (Wildman–Crippen LogP) is 4.53. The number of carbonyl (C=O) groups excluding carboxylic acids is 1. The van der Waals surface area contributed by atoms with Crippen molar-refractivity contribution in [1.29, 1.82) is 0 Å². The van der Waals surface area contributed by atoms with Crippen LogP contribution in [-0.2, 0) is 21.2 Å². The van der Waals surface area contributed by atoms with Gasteiger partial charge in [0.15, 0.2) is 0 Å². The maximum Gasteiger partial charge on any atom is 0.242 e. The lowest BCUT2D eigenvalue weighted by molar-refractivity contribution is -0.117. The molecule has 0 heterocycles. The van der Waals surface area contributed by atoms with Gasteiger partial charge < -0.3 is 10.1 Å². The van der Waals surface area contributed by atoms with Crippen molar-refractivity contribution in [2.45, 2.75) is 31.2 Å². The Morgan fingerprint density at radius 3 is 2.34 bits per heavy atom. The number of amides is 1. The molecule has 0 aliphatic carbocycles. The van der Waals surface area contributed by atoms with Gasteiger partial charge in [0, 0.05) is 9.26 Å². The summed E-state index contributed by atoms with van der Waals surface area (Å²) in [6, 6.07) is 20.3. The summed E-state index contributed by atoms with van der Waals surface area (Å²) < 4.78 is 35.4. The largest absolute Gasteiger partial charge is 0.494 e. The molecular weight excluding hydrogens is 539 g/mol. The molecule has 1 atom stereocenters. The van der Waals surface area contributed by atoms with Gasteiger partial charge in [-0.25, -0.2) is 8.42 Å². The Kier molecular flexibility index (Phi) is 8.27. The van der Waals surface area contributed by atoms with E-state index in [9.17, 15) is 13.2 Å². The summed E-state index contributed by atoms with van der Waals surface area (Å²) in [5, 5.41) is 2.81. The first-order valence-corrected chi connectivity index (χ1v) is 12.7. The Labute approximate surface area is 202 Å². The van der Waals surface area contributed by atoms with Crippen molar-refractivity contribution < 1.29 is 17.9 Å². The molecular formula is C24H25IN2O4S. The number of hydrogen-bond donors (Lipinski definition) is 2. The highest BCUT2D eigenvalue weighted by Crippen LogP contribution is 2.22. The van der Waals surface area contributed by atoms with E-state index >= 15 is 0 Å². The second-order valence-electron chi connectivity index (χ2n) is 7.22. The number of carbonyl (C=O) groups is 1. The van der Waals surface area contributed by atoms with Gasteiger partial charge in [-0.15, -0.1) is 0 Å². The lowest BCUT2D eigenvalue weighted by atomic mass is 10.1. The van der Waals surface area contributed by atoms with Crippen LogP contribution in [0.1, 0.15) is 18.1 Å². The summed E-state index contributed by atoms with van der Waals surface area (Å²) >= 11 is 2.18. The maximum absolute atomic E-state index is 13.1. The first kappa shape index (κ1) is 24.2. The van der Waals surface area contributed by atoms with Gasteiger partial charge in [-0.1, -0.05) is 30.3 Å². The van der Waals surface area contributed by atoms with Crippen LogP contribution in [0, 0.1) is 10.5 Å². The third-order valence-corrected chi connectivity index (χ3v) is 6.95. The number of nitrogens with one attached hydrogen (secondary N) is 2. The molecule has 3 rings (SSSR count). The van der Waals surface area contributed by atoms with E-state index in [1.807, 2.05) is 49.4 Å². The number of ether oxygens (including phenoxy) is 1. The van der Waals surface area contributed by atoms with Gasteiger partial charge in [-0.3, -0.25) is 4.79 Å². The first-order chi connectivity index (χ1) is 15.3. The molecule has 0 aromatic heterocycles. The lowest BCUT2D eigenvalue weighted by Crippen LogP contribution is -2.45. The summed E-state index contributed by atoms with van der Waals surface area (Å²) in [7, 11) is -3.95. The number of rotatable bonds is 9. The molecule has 0 aliphatic heterocycles. The number of sulfonamides is 1. The highest BCUT2D eigenvalue weighted by atomic mass is 127. The van der Waals surface area contributed by atoms with Crippen molar-refractivity contribution in [3.63, 3.8) is 0 Å². The molecule has 8 heteroatoms. The minimum absolute atomic E-state index is 0.0820. The number of benzene rings is 3. The van der Waals surface area contributed by atoms with Crippen LogP contribution in [0.4, 0.5) is 5.69 Å². The van der Waals surface area contributed by atoms with Crippen LogP contribution < -0.4 is 14.8 Å². The van der Waals surface area contributed by atoms with E-state index in [0.29, 0.717) is 23.6 Å². The molecule has 1 amide bonds. The average molecular weight is 564 g/mol. The van der Waals surface area contributed by atoms with Crippen molar-refractivity contribution in [3.05, 3.63) is 87.5 Å². The van der Waals surface area contributed by atoms with Gasteiger partial charge in [0.25, 0.3) is 0 Å². The first-order valence-electron chi connectivity index (χ1n) is 10.1. The molecule has 0 fully saturated rings. The van der Waals surface area contributed by atoms with Gasteiger partial charge in [-0.2, -0.15) is 4.72 Å². The second kappa shape index (κ2) is 10.9. The van der Waals surface area contributed by atoms with E-state index in [1.165, 1.54) is 6.07 Å². The summed E-state index contributed by atoms with van der Waals surface area (Å²) in [5.41, 5.74) is 2.16. The molecule has 0 aliphatic rings. The zero-order valence-corrected chi connectivity index (χ0v) is 20.8. The highest BCUT2D eigenvalue weighted by Gasteiger charge is 2.26. The van der Waals surface area contributed by atoms with E-state index in [1.54, 1.807) is 31.2 Å². The van der Waals surface area contributed by atoms with Crippen LogP contribution in [0.3, 0.4) is 0 Å². The second-order valence-corrected chi connectivity index (χ2v) is 10.2. The fourth-order valence-electron chi connectivity index (χ4n) is 3.16. The number of halogens is 1. The highest BCUT2D eigenvalue weighted by molar-refractivity contribution is 14.1. The summed E-state index contributed by atoms with van der Waals surface area (Å²) in [6.45, 7) is 4.14. The quantitative estimate of drug-likeness (QED) is 0.375. The topological polar surface area (TPSA) is 84.5 Å². The minimum Gasteiger partial charge on any atom is -0.494 e. The predicted molar refractivity (Wildman–Crippen MR) is 134 cm³/mol. The van der Waals surface area contributed by atoms with Crippen LogP contribution in [0.15, 0.2) is 77.7 Å². The van der Waals surface area contributed by atoms with Crippen LogP contribution in [0.2, 0.25) is 0 Å². The van der Waals surface area contributed by atoms with Crippen molar-refractivity contribution in [2.24, 2.45) is 0 Å². The SMILES string of the molecule is CCOc1ccc(S(=O)(=O)N[C@@H](Cc2ccccc2)C(=O)Nc2ccc(I)cc2)cc1C. The van der Waals surface area contributed by atoms with Crippen molar-refractivity contribution in [1.82, 2.24) is 4.72 Å². The smallest absolute Gasteiger partial charge is 0.242 e. The Morgan fingerprint density at radius 2 is 1.72 bits per heavy atom. The zero-order chi connectivity index (χ0) is 23.1. The Balaban J connectivity index is 1.86. The standard InChI is InChI=1S/C24H25IN2O4S/c1-3-31-23-14-13-21(15-17(23)2)32(29,30)27-22(16-18-7-5-4-6-8-18)24(28)26-20-11-9-19(25)10-12-20/h4-15,22,27H,3,16H2,1-2H3,(H,26,28)/t22-/m0/s1. The third kappa shape index (κ3) is 6.54. The summed E-state index contributed by atoms with van der Waals surface area (Å²) in [4.78, 5) is 13.1. The Hall–Kier alpha value is -2.43. The molecule has 168 valence electrons. The molecule has 6 nitrogen and oxygen atoms in total. The lowest BCUT2D eigenvalue weighted by Gasteiger charge is -2.19. The van der Waals surface area contributed by atoms with Crippen LogP contribution in [-0.4, -0.2) is 27.0 Å². The van der Waals surface area contributed by atoms with Gasteiger partial charge in [0.05, 0.1) is 11.5 Å². The molecule has 2 N–H and O–H groups in total. The molecule has 0 saturated carbocycles.